The predicted octanol–water partition coefficient (Wildman–Crippen LogP) is 2.52. The molecule has 0 spiro atoms. The molecular formula is C14H22ClNO2. The molecule has 0 bridgehead atoms. The van der Waals surface area contributed by atoms with Crippen molar-refractivity contribution in [1.82, 2.24) is 5.32 Å². The molecule has 2 unspecified atom stereocenters. The highest BCUT2D eigenvalue weighted by atomic mass is 35.5. The van der Waals surface area contributed by atoms with E-state index in [-0.39, 0.29) is 6.10 Å². The molecule has 0 heterocycles. The summed E-state index contributed by atoms with van der Waals surface area (Å²) in [6.07, 6.45) is 1.07. The lowest BCUT2D eigenvalue weighted by atomic mass is 10.1. The molecule has 18 heavy (non-hydrogen) atoms. The summed E-state index contributed by atoms with van der Waals surface area (Å²) in [5, 5.41) is 4.22. The summed E-state index contributed by atoms with van der Waals surface area (Å²) in [6, 6.07) is 8.35. The summed E-state index contributed by atoms with van der Waals surface area (Å²) in [7, 11) is 3.39. The standard InChI is InChI=1S/C14H22ClNO2/c1-11(16-9-14(18-3)10-17-2)8-12-4-6-13(15)7-5-12/h4-7,11,14,16H,8-10H2,1-3H3. The van der Waals surface area contributed by atoms with E-state index in [2.05, 4.69) is 24.4 Å². The molecule has 3 nitrogen and oxygen atoms in total. The maximum Gasteiger partial charge on any atom is 0.0928 e. The zero-order chi connectivity index (χ0) is 13.4. The number of methoxy groups -OCH3 is 2. The van der Waals surface area contributed by atoms with Crippen molar-refractivity contribution >= 4 is 11.6 Å². The minimum atomic E-state index is 0.0997. The van der Waals surface area contributed by atoms with Crippen LogP contribution in [-0.4, -0.2) is 39.5 Å². The fourth-order valence-corrected chi connectivity index (χ4v) is 1.90. The second-order valence-corrected chi connectivity index (χ2v) is 4.89. The molecule has 1 rings (SSSR count). The Morgan fingerprint density at radius 3 is 2.44 bits per heavy atom. The summed E-state index contributed by atoms with van der Waals surface area (Å²) in [5.74, 6) is 0. The fourth-order valence-electron chi connectivity index (χ4n) is 1.78. The van der Waals surface area contributed by atoms with E-state index >= 15 is 0 Å². The summed E-state index contributed by atoms with van der Waals surface area (Å²) in [4.78, 5) is 0. The maximum atomic E-state index is 5.86. The van der Waals surface area contributed by atoms with Crippen LogP contribution in [0.4, 0.5) is 0 Å². The molecule has 1 aromatic rings. The van der Waals surface area contributed by atoms with E-state index in [0.717, 1.165) is 18.0 Å². The lowest BCUT2D eigenvalue weighted by Gasteiger charge is -2.19. The molecule has 0 aliphatic heterocycles. The van der Waals surface area contributed by atoms with Crippen molar-refractivity contribution in [3.05, 3.63) is 34.9 Å². The van der Waals surface area contributed by atoms with Crippen LogP contribution in [0, 0.1) is 0 Å². The van der Waals surface area contributed by atoms with Gasteiger partial charge in [0.1, 0.15) is 0 Å². The molecule has 1 N–H and O–H groups in total. The minimum absolute atomic E-state index is 0.0997. The fraction of sp³-hybridized carbons (Fsp3) is 0.571. The second-order valence-electron chi connectivity index (χ2n) is 4.45. The smallest absolute Gasteiger partial charge is 0.0928 e. The Balaban J connectivity index is 2.32. The van der Waals surface area contributed by atoms with Crippen molar-refractivity contribution in [1.29, 1.82) is 0 Å². The summed E-state index contributed by atoms with van der Waals surface area (Å²) >= 11 is 5.86. The molecule has 2 atom stereocenters. The van der Waals surface area contributed by atoms with Gasteiger partial charge in [0.2, 0.25) is 0 Å². The van der Waals surface area contributed by atoms with Crippen molar-refractivity contribution < 1.29 is 9.47 Å². The van der Waals surface area contributed by atoms with E-state index in [1.165, 1.54) is 5.56 Å². The highest BCUT2D eigenvalue weighted by Gasteiger charge is 2.09. The number of nitrogens with one attached hydrogen (secondary N) is 1. The lowest BCUT2D eigenvalue weighted by Crippen LogP contribution is -2.37. The van der Waals surface area contributed by atoms with Gasteiger partial charge in [-0.3, -0.25) is 0 Å². The number of ether oxygens (including phenoxy) is 2. The average Bonchev–Trinajstić information content (AvgIpc) is 2.37. The topological polar surface area (TPSA) is 30.5 Å². The van der Waals surface area contributed by atoms with Crippen molar-refractivity contribution in [3.8, 4) is 0 Å². The quantitative estimate of drug-likeness (QED) is 0.788. The average molecular weight is 272 g/mol. The van der Waals surface area contributed by atoms with Crippen molar-refractivity contribution in [2.75, 3.05) is 27.4 Å². The van der Waals surface area contributed by atoms with E-state index in [1.807, 2.05) is 12.1 Å². The molecule has 0 saturated carbocycles. The monoisotopic (exact) mass is 271 g/mol. The molecule has 0 fully saturated rings. The van der Waals surface area contributed by atoms with Gasteiger partial charge in [-0.25, -0.2) is 0 Å². The minimum Gasteiger partial charge on any atom is -0.382 e. The van der Waals surface area contributed by atoms with Crippen LogP contribution in [-0.2, 0) is 15.9 Å². The number of hydrogen-bond donors (Lipinski definition) is 1. The van der Waals surface area contributed by atoms with Gasteiger partial charge < -0.3 is 14.8 Å². The molecule has 4 heteroatoms. The van der Waals surface area contributed by atoms with E-state index in [4.69, 9.17) is 21.1 Å². The first-order valence-corrected chi connectivity index (χ1v) is 6.53. The third-order valence-corrected chi connectivity index (χ3v) is 3.09. The number of benzene rings is 1. The van der Waals surface area contributed by atoms with Crippen LogP contribution in [0.25, 0.3) is 0 Å². The maximum absolute atomic E-state index is 5.86. The van der Waals surface area contributed by atoms with E-state index < -0.39 is 0 Å². The Kier molecular flexibility index (Phi) is 7.28. The van der Waals surface area contributed by atoms with Crippen LogP contribution in [0.1, 0.15) is 12.5 Å². The second kappa shape index (κ2) is 8.48. The zero-order valence-corrected chi connectivity index (χ0v) is 12.0. The Morgan fingerprint density at radius 2 is 1.89 bits per heavy atom. The molecule has 0 amide bonds. The first-order valence-electron chi connectivity index (χ1n) is 6.15. The van der Waals surface area contributed by atoms with Gasteiger partial charge in [0.05, 0.1) is 12.7 Å². The molecule has 102 valence electrons. The van der Waals surface area contributed by atoms with Gasteiger partial charge in [-0.15, -0.1) is 0 Å². The van der Waals surface area contributed by atoms with Gasteiger partial charge in [-0.2, -0.15) is 0 Å². The third-order valence-electron chi connectivity index (χ3n) is 2.84. The van der Waals surface area contributed by atoms with Crippen LogP contribution >= 0.6 is 11.6 Å². The summed E-state index contributed by atoms with van der Waals surface area (Å²) in [5.41, 5.74) is 1.28. The van der Waals surface area contributed by atoms with Gasteiger partial charge in [-0.1, -0.05) is 23.7 Å². The van der Waals surface area contributed by atoms with Crippen LogP contribution in [0.3, 0.4) is 0 Å². The van der Waals surface area contributed by atoms with Crippen molar-refractivity contribution in [2.45, 2.75) is 25.5 Å². The molecule has 1 aromatic carbocycles. The molecule has 0 aromatic heterocycles. The largest absolute Gasteiger partial charge is 0.382 e. The Labute approximate surface area is 114 Å². The molecule has 0 aliphatic carbocycles. The van der Waals surface area contributed by atoms with Gasteiger partial charge in [0.15, 0.2) is 0 Å². The molecular weight excluding hydrogens is 250 g/mol. The normalized spacial score (nSPS) is 14.4. The van der Waals surface area contributed by atoms with Crippen molar-refractivity contribution in [3.63, 3.8) is 0 Å². The molecule has 0 radical (unpaired) electrons. The van der Waals surface area contributed by atoms with Crippen LogP contribution in [0.5, 0.6) is 0 Å². The van der Waals surface area contributed by atoms with Crippen LogP contribution in [0.2, 0.25) is 5.02 Å². The van der Waals surface area contributed by atoms with E-state index in [9.17, 15) is 0 Å². The van der Waals surface area contributed by atoms with Crippen molar-refractivity contribution in [2.24, 2.45) is 0 Å². The van der Waals surface area contributed by atoms with Gasteiger partial charge in [0, 0.05) is 31.8 Å². The van der Waals surface area contributed by atoms with Gasteiger partial charge in [-0.05, 0) is 31.0 Å². The highest BCUT2D eigenvalue weighted by Crippen LogP contribution is 2.11. The van der Waals surface area contributed by atoms with Gasteiger partial charge >= 0.3 is 0 Å². The lowest BCUT2D eigenvalue weighted by molar-refractivity contribution is 0.0276. The van der Waals surface area contributed by atoms with E-state index in [1.54, 1.807) is 14.2 Å². The van der Waals surface area contributed by atoms with E-state index in [0.29, 0.717) is 12.6 Å². The predicted molar refractivity (Wildman–Crippen MR) is 75.3 cm³/mol. The SMILES string of the molecule is COCC(CNC(C)Cc1ccc(Cl)cc1)OC. The molecule has 0 aliphatic rings. The number of halogens is 1. The number of rotatable bonds is 8. The first-order chi connectivity index (χ1) is 8.65. The Morgan fingerprint density at radius 1 is 1.22 bits per heavy atom. The van der Waals surface area contributed by atoms with Crippen LogP contribution in [0.15, 0.2) is 24.3 Å². The Bertz CT molecular complexity index is 329. The Hall–Kier alpha value is -0.610. The summed E-state index contributed by atoms with van der Waals surface area (Å²) in [6.45, 7) is 3.56. The van der Waals surface area contributed by atoms with Crippen LogP contribution < -0.4 is 5.32 Å². The zero-order valence-electron chi connectivity index (χ0n) is 11.3. The summed E-state index contributed by atoms with van der Waals surface area (Å²) < 4.78 is 10.4. The molecule has 0 saturated heterocycles. The first kappa shape index (κ1) is 15.4. The van der Waals surface area contributed by atoms with Gasteiger partial charge in [0.25, 0.3) is 0 Å². The third kappa shape index (κ3) is 5.83. The number of hydrogen-bond acceptors (Lipinski definition) is 3. The highest BCUT2D eigenvalue weighted by molar-refractivity contribution is 6.30.